The van der Waals surface area contributed by atoms with Crippen molar-refractivity contribution in [1.82, 2.24) is 4.98 Å². The summed E-state index contributed by atoms with van der Waals surface area (Å²) in [6.45, 7) is 0. The molecule has 0 radical (unpaired) electrons. The highest BCUT2D eigenvalue weighted by Gasteiger charge is 2.21. The van der Waals surface area contributed by atoms with E-state index in [4.69, 9.17) is 4.74 Å². The van der Waals surface area contributed by atoms with E-state index in [9.17, 15) is 10.1 Å². The Hall–Kier alpha value is -2.08. The molecule has 0 spiro atoms. The zero-order valence-corrected chi connectivity index (χ0v) is 9.31. The average molecular weight is 246 g/mol. The topological polar surface area (TPSA) is 65.3 Å². The number of hydrogen-bond donors (Lipinski definition) is 0. The lowest BCUT2D eigenvalue weighted by molar-refractivity contribution is -0.385. The number of benzene rings is 1. The predicted octanol–water partition coefficient (Wildman–Crippen LogP) is 3.25. The summed E-state index contributed by atoms with van der Waals surface area (Å²) in [4.78, 5) is 15.2. The Bertz CT molecular complexity index is 615. The summed E-state index contributed by atoms with van der Waals surface area (Å²) in [5.41, 5.74) is 0.0247. The smallest absolute Gasteiger partial charge is 0.273 e. The molecule has 2 heterocycles. The van der Waals surface area contributed by atoms with Crippen LogP contribution < -0.4 is 4.74 Å². The van der Waals surface area contributed by atoms with Gasteiger partial charge in [-0.15, -0.1) is 0 Å². The molecule has 0 saturated heterocycles. The van der Waals surface area contributed by atoms with E-state index >= 15 is 0 Å². The van der Waals surface area contributed by atoms with E-state index in [1.165, 1.54) is 23.9 Å². The van der Waals surface area contributed by atoms with Crippen molar-refractivity contribution in [2.24, 2.45) is 0 Å². The van der Waals surface area contributed by atoms with Crippen LogP contribution in [0.5, 0.6) is 11.5 Å². The minimum absolute atomic E-state index is 0.0247. The molecule has 0 atom stereocenters. The van der Waals surface area contributed by atoms with Crippen LogP contribution in [-0.4, -0.2) is 9.91 Å². The Labute approximate surface area is 101 Å². The monoisotopic (exact) mass is 246 g/mol. The van der Waals surface area contributed by atoms with Crippen molar-refractivity contribution in [3.8, 4) is 11.5 Å². The van der Waals surface area contributed by atoms with E-state index in [0.29, 0.717) is 11.5 Å². The third-order valence-electron chi connectivity index (χ3n) is 2.30. The number of rotatable bonds is 1. The van der Waals surface area contributed by atoms with Crippen molar-refractivity contribution in [2.45, 2.75) is 9.92 Å². The van der Waals surface area contributed by atoms with E-state index in [1.807, 2.05) is 0 Å². The maximum Gasteiger partial charge on any atom is 0.273 e. The zero-order chi connectivity index (χ0) is 11.8. The molecule has 1 aromatic heterocycles. The van der Waals surface area contributed by atoms with Gasteiger partial charge in [-0.2, -0.15) is 0 Å². The van der Waals surface area contributed by atoms with Crippen molar-refractivity contribution < 1.29 is 9.66 Å². The first-order valence-corrected chi connectivity index (χ1v) is 5.65. The molecule has 1 aromatic carbocycles. The second kappa shape index (κ2) is 3.74. The molecule has 0 saturated carbocycles. The third kappa shape index (κ3) is 1.72. The van der Waals surface area contributed by atoms with Gasteiger partial charge in [-0.25, -0.2) is 4.98 Å². The summed E-state index contributed by atoms with van der Waals surface area (Å²) >= 11 is 1.44. The number of ether oxygens (including phenoxy) is 1. The van der Waals surface area contributed by atoms with Gasteiger partial charge < -0.3 is 4.74 Å². The van der Waals surface area contributed by atoms with Gasteiger partial charge >= 0.3 is 0 Å². The summed E-state index contributed by atoms with van der Waals surface area (Å²) < 4.78 is 5.58. The number of nitrogens with zero attached hydrogens (tertiary/aromatic N) is 2. The molecule has 1 aliphatic heterocycles. The molecule has 0 aliphatic carbocycles. The van der Waals surface area contributed by atoms with Crippen LogP contribution in [0.1, 0.15) is 0 Å². The summed E-state index contributed by atoms with van der Waals surface area (Å²) in [6.07, 6.45) is 1.69. The molecule has 3 rings (SSSR count). The van der Waals surface area contributed by atoms with E-state index in [0.717, 1.165) is 9.92 Å². The van der Waals surface area contributed by atoms with Crippen LogP contribution >= 0.6 is 11.8 Å². The highest BCUT2D eigenvalue weighted by Crippen LogP contribution is 2.46. The average Bonchev–Trinajstić information content (AvgIpc) is 2.35. The van der Waals surface area contributed by atoms with E-state index in [1.54, 1.807) is 24.4 Å². The number of non-ortho nitro benzene ring substituents is 1. The standard InChI is InChI=1S/C11H6N2O3S/c14-13(15)7-3-4-10-9(6-7)16-8-2-1-5-12-11(8)17-10/h1-6H. The molecule has 84 valence electrons. The molecule has 0 amide bonds. The molecule has 5 nitrogen and oxygen atoms in total. The Balaban J connectivity index is 2.06. The van der Waals surface area contributed by atoms with Crippen LogP contribution in [0.15, 0.2) is 46.5 Å². The number of nitro groups is 1. The van der Waals surface area contributed by atoms with E-state index in [-0.39, 0.29) is 5.69 Å². The number of aromatic nitrogens is 1. The normalized spacial score (nSPS) is 12.2. The summed E-state index contributed by atoms with van der Waals surface area (Å²) in [5.74, 6) is 1.13. The second-order valence-electron chi connectivity index (χ2n) is 3.40. The number of hydrogen-bond acceptors (Lipinski definition) is 5. The lowest BCUT2D eigenvalue weighted by atomic mass is 10.3. The summed E-state index contributed by atoms with van der Waals surface area (Å²) in [7, 11) is 0. The lowest BCUT2D eigenvalue weighted by Crippen LogP contribution is -1.97. The summed E-state index contributed by atoms with van der Waals surface area (Å²) in [5, 5.41) is 11.4. The first-order chi connectivity index (χ1) is 8.24. The quantitative estimate of drug-likeness (QED) is 0.487. The fourth-order valence-corrected chi connectivity index (χ4v) is 2.40. The van der Waals surface area contributed by atoms with Crippen molar-refractivity contribution >= 4 is 17.4 Å². The first kappa shape index (κ1) is 10.1. The largest absolute Gasteiger partial charge is 0.453 e. The van der Waals surface area contributed by atoms with Crippen molar-refractivity contribution in [2.75, 3.05) is 0 Å². The Morgan fingerprint density at radius 2 is 2.18 bits per heavy atom. The van der Waals surface area contributed by atoms with Crippen LogP contribution in [0.4, 0.5) is 5.69 Å². The first-order valence-electron chi connectivity index (χ1n) is 4.83. The van der Waals surface area contributed by atoms with Gasteiger partial charge in [-0.3, -0.25) is 10.1 Å². The molecular weight excluding hydrogens is 240 g/mol. The SMILES string of the molecule is O=[N+]([O-])c1ccc2c(c1)Oc1cccnc1S2. The Morgan fingerprint density at radius 3 is 3.00 bits per heavy atom. The molecule has 2 aromatic rings. The fraction of sp³-hybridized carbons (Fsp3) is 0. The van der Waals surface area contributed by atoms with Gasteiger partial charge in [0.2, 0.25) is 0 Å². The molecule has 0 fully saturated rings. The van der Waals surface area contributed by atoms with Gasteiger partial charge in [0.15, 0.2) is 5.75 Å². The van der Waals surface area contributed by atoms with Gasteiger partial charge in [0.25, 0.3) is 5.69 Å². The van der Waals surface area contributed by atoms with E-state index < -0.39 is 4.92 Å². The lowest BCUT2D eigenvalue weighted by Gasteiger charge is -2.17. The second-order valence-corrected chi connectivity index (χ2v) is 4.43. The van der Waals surface area contributed by atoms with Crippen LogP contribution in [0.25, 0.3) is 0 Å². The number of fused-ring (bicyclic) bond motifs is 2. The van der Waals surface area contributed by atoms with Crippen LogP contribution in [0, 0.1) is 10.1 Å². The molecule has 1 aliphatic rings. The number of pyridine rings is 1. The molecular formula is C11H6N2O3S. The Morgan fingerprint density at radius 1 is 1.29 bits per heavy atom. The van der Waals surface area contributed by atoms with E-state index in [2.05, 4.69) is 4.98 Å². The van der Waals surface area contributed by atoms with Crippen LogP contribution in [0.3, 0.4) is 0 Å². The fourth-order valence-electron chi connectivity index (χ4n) is 1.53. The molecule has 0 bridgehead atoms. The van der Waals surface area contributed by atoms with Gasteiger partial charge in [-0.05, 0) is 18.2 Å². The van der Waals surface area contributed by atoms with Gasteiger partial charge in [0, 0.05) is 12.3 Å². The predicted molar refractivity (Wildman–Crippen MR) is 61.5 cm³/mol. The van der Waals surface area contributed by atoms with Gasteiger partial charge in [0.1, 0.15) is 10.8 Å². The third-order valence-corrected chi connectivity index (χ3v) is 3.36. The number of nitro benzene ring substituents is 1. The van der Waals surface area contributed by atoms with Crippen LogP contribution in [-0.2, 0) is 0 Å². The summed E-state index contributed by atoms with van der Waals surface area (Å²) in [6, 6.07) is 8.12. The molecule has 6 heteroatoms. The Kier molecular flexibility index (Phi) is 2.22. The van der Waals surface area contributed by atoms with Crippen molar-refractivity contribution in [3.05, 3.63) is 46.6 Å². The van der Waals surface area contributed by atoms with Crippen molar-refractivity contribution in [1.29, 1.82) is 0 Å². The van der Waals surface area contributed by atoms with Gasteiger partial charge in [0.05, 0.1) is 15.9 Å². The van der Waals surface area contributed by atoms with Crippen molar-refractivity contribution in [3.63, 3.8) is 0 Å². The molecule has 0 unspecified atom stereocenters. The minimum atomic E-state index is -0.437. The molecule has 0 N–H and O–H groups in total. The highest BCUT2D eigenvalue weighted by atomic mass is 32.2. The maximum absolute atomic E-state index is 10.7. The maximum atomic E-state index is 10.7. The highest BCUT2D eigenvalue weighted by molar-refractivity contribution is 7.99. The zero-order valence-electron chi connectivity index (χ0n) is 8.49. The molecule has 17 heavy (non-hydrogen) atoms. The van der Waals surface area contributed by atoms with Gasteiger partial charge in [-0.1, -0.05) is 11.8 Å². The minimum Gasteiger partial charge on any atom is -0.453 e. The van der Waals surface area contributed by atoms with Crippen LogP contribution in [0.2, 0.25) is 0 Å².